The molecule has 0 aromatic heterocycles. The van der Waals surface area contributed by atoms with Crippen LogP contribution in [0.15, 0.2) is 36.4 Å². The Morgan fingerprint density at radius 3 is 2.22 bits per heavy atom. The molecule has 0 amide bonds. The number of aryl methyl sites for hydroxylation is 1. The molecule has 2 aromatic rings. The van der Waals surface area contributed by atoms with Gasteiger partial charge in [-0.05, 0) is 37.1 Å². The van der Waals surface area contributed by atoms with E-state index in [9.17, 15) is 14.3 Å². The molecule has 1 N–H and O–H groups in total. The van der Waals surface area contributed by atoms with Crippen LogP contribution in [0, 0.1) is 19.7 Å². The zero-order valence-electron chi connectivity index (χ0n) is 10.2. The second-order valence-electron chi connectivity index (χ2n) is 4.27. The van der Waals surface area contributed by atoms with Crippen molar-refractivity contribution in [3.63, 3.8) is 0 Å². The van der Waals surface area contributed by atoms with E-state index in [0.717, 1.165) is 11.1 Å². The summed E-state index contributed by atoms with van der Waals surface area (Å²) in [5.74, 6) is -1.44. The number of aromatic carboxylic acids is 1. The average Bonchev–Trinajstić information content (AvgIpc) is 2.33. The Hall–Kier alpha value is -2.16. The van der Waals surface area contributed by atoms with E-state index in [4.69, 9.17) is 0 Å². The molecule has 3 heteroatoms. The molecule has 2 aromatic carbocycles. The quantitative estimate of drug-likeness (QED) is 0.872. The molecule has 0 bridgehead atoms. The number of carboxylic acids is 1. The minimum absolute atomic E-state index is 0.123. The molecule has 92 valence electrons. The summed E-state index contributed by atoms with van der Waals surface area (Å²) in [4.78, 5) is 11.2. The van der Waals surface area contributed by atoms with Crippen LogP contribution in [0.1, 0.15) is 21.5 Å². The number of benzene rings is 2. The fourth-order valence-electron chi connectivity index (χ4n) is 1.96. The maximum atomic E-state index is 13.6. The predicted molar refractivity (Wildman–Crippen MR) is 68.3 cm³/mol. The van der Waals surface area contributed by atoms with Gasteiger partial charge in [0.2, 0.25) is 0 Å². The molecule has 0 aliphatic heterocycles. The molecule has 0 aliphatic rings. The van der Waals surface area contributed by atoms with Crippen LogP contribution in [0.3, 0.4) is 0 Å². The first-order valence-corrected chi connectivity index (χ1v) is 5.60. The first-order valence-electron chi connectivity index (χ1n) is 5.60. The highest BCUT2D eigenvalue weighted by molar-refractivity contribution is 5.97. The zero-order chi connectivity index (χ0) is 13.3. The van der Waals surface area contributed by atoms with Crippen LogP contribution in [0.2, 0.25) is 0 Å². The van der Waals surface area contributed by atoms with Gasteiger partial charge in [0.25, 0.3) is 0 Å². The van der Waals surface area contributed by atoms with E-state index < -0.39 is 11.8 Å². The summed E-state index contributed by atoms with van der Waals surface area (Å²) in [5, 5.41) is 9.17. The van der Waals surface area contributed by atoms with E-state index in [1.54, 1.807) is 6.92 Å². The fourth-order valence-corrected chi connectivity index (χ4v) is 1.96. The van der Waals surface area contributed by atoms with Gasteiger partial charge in [-0.2, -0.15) is 0 Å². The van der Waals surface area contributed by atoms with Gasteiger partial charge in [0.15, 0.2) is 0 Å². The van der Waals surface area contributed by atoms with Gasteiger partial charge < -0.3 is 5.11 Å². The Morgan fingerprint density at radius 2 is 1.67 bits per heavy atom. The summed E-state index contributed by atoms with van der Waals surface area (Å²) in [6, 6.07) is 9.88. The normalized spacial score (nSPS) is 10.4. The van der Waals surface area contributed by atoms with E-state index in [1.165, 1.54) is 12.1 Å². The van der Waals surface area contributed by atoms with Crippen molar-refractivity contribution in [3.05, 3.63) is 58.9 Å². The molecule has 0 aliphatic carbocycles. The summed E-state index contributed by atoms with van der Waals surface area (Å²) in [6.45, 7) is 3.54. The highest BCUT2D eigenvalue weighted by Crippen LogP contribution is 2.29. The predicted octanol–water partition coefficient (Wildman–Crippen LogP) is 3.81. The SMILES string of the molecule is Cc1ccc(-c2c(C(=O)O)ccc(F)c2C)cc1. The molecule has 0 radical (unpaired) electrons. The smallest absolute Gasteiger partial charge is 0.336 e. The molecular formula is C15H13FO2. The number of carboxylic acid groups (broad SMARTS) is 1. The van der Waals surface area contributed by atoms with E-state index in [2.05, 4.69) is 0 Å². The van der Waals surface area contributed by atoms with Crippen LogP contribution in [-0.2, 0) is 0 Å². The first kappa shape index (κ1) is 12.3. The van der Waals surface area contributed by atoms with E-state index >= 15 is 0 Å². The number of hydrogen-bond acceptors (Lipinski definition) is 1. The Labute approximate surface area is 105 Å². The molecule has 0 unspecified atom stereocenters. The third-order valence-corrected chi connectivity index (χ3v) is 2.97. The second kappa shape index (κ2) is 4.61. The molecule has 0 saturated carbocycles. The highest BCUT2D eigenvalue weighted by atomic mass is 19.1. The van der Waals surface area contributed by atoms with Crippen LogP contribution in [0.4, 0.5) is 4.39 Å². The number of halogens is 1. The Morgan fingerprint density at radius 1 is 1.06 bits per heavy atom. The van der Waals surface area contributed by atoms with Gasteiger partial charge in [-0.15, -0.1) is 0 Å². The van der Waals surface area contributed by atoms with Crippen LogP contribution < -0.4 is 0 Å². The topological polar surface area (TPSA) is 37.3 Å². The Kier molecular flexibility index (Phi) is 3.15. The van der Waals surface area contributed by atoms with Gasteiger partial charge in [0.05, 0.1) is 5.56 Å². The summed E-state index contributed by atoms with van der Waals surface area (Å²) >= 11 is 0. The molecule has 2 rings (SSSR count). The monoisotopic (exact) mass is 244 g/mol. The Bertz CT molecular complexity index is 601. The second-order valence-corrected chi connectivity index (χ2v) is 4.27. The average molecular weight is 244 g/mol. The Balaban J connectivity index is 2.71. The van der Waals surface area contributed by atoms with Crippen molar-refractivity contribution in [3.8, 4) is 11.1 Å². The van der Waals surface area contributed by atoms with Crippen molar-refractivity contribution in [1.29, 1.82) is 0 Å². The van der Waals surface area contributed by atoms with Crippen molar-refractivity contribution in [2.24, 2.45) is 0 Å². The maximum absolute atomic E-state index is 13.6. The number of rotatable bonds is 2. The fraction of sp³-hybridized carbons (Fsp3) is 0.133. The number of hydrogen-bond donors (Lipinski definition) is 1. The van der Waals surface area contributed by atoms with Gasteiger partial charge in [-0.25, -0.2) is 9.18 Å². The van der Waals surface area contributed by atoms with E-state index in [-0.39, 0.29) is 5.56 Å². The van der Waals surface area contributed by atoms with Crippen LogP contribution in [0.25, 0.3) is 11.1 Å². The van der Waals surface area contributed by atoms with Crippen LogP contribution >= 0.6 is 0 Å². The van der Waals surface area contributed by atoms with Gasteiger partial charge in [0.1, 0.15) is 5.82 Å². The van der Waals surface area contributed by atoms with Gasteiger partial charge in [-0.3, -0.25) is 0 Å². The lowest BCUT2D eigenvalue weighted by molar-refractivity contribution is 0.0697. The van der Waals surface area contributed by atoms with Crippen molar-refractivity contribution >= 4 is 5.97 Å². The lowest BCUT2D eigenvalue weighted by Gasteiger charge is -2.11. The van der Waals surface area contributed by atoms with Crippen LogP contribution in [-0.4, -0.2) is 11.1 Å². The molecule has 0 spiro atoms. The summed E-state index contributed by atoms with van der Waals surface area (Å²) in [6.07, 6.45) is 0. The third kappa shape index (κ3) is 2.12. The minimum Gasteiger partial charge on any atom is -0.478 e. The molecule has 0 fully saturated rings. The van der Waals surface area contributed by atoms with E-state index in [1.807, 2.05) is 31.2 Å². The zero-order valence-corrected chi connectivity index (χ0v) is 10.2. The molecule has 0 atom stereocenters. The van der Waals surface area contributed by atoms with Gasteiger partial charge in [0, 0.05) is 5.56 Å². The van der Waals surface area contributed by atoms with Crippen molar-refractivity contribution in [2.75, 3.05) is 0 Å². The lowest BCUT2D eigenvalue weighted by atomic mass is 9.94. The molecule has 0 saturated heterocycles. The van der Waals surface area contributed by atoms with Gasteiger partial charge in [-0.1, -0.05) is 29.8 Å². The first-order chi connectivity index (χ1) is 8.50. The summed E-state index contributed by atoms with van der Waals surface area (Å²) < 4.78 is 13.6. The third-order valence-electron chi connectivity index (χ3n) is 2.97. The van der Waals surface area contributed by atoms with Crippen LogP contribution in [0.5, 0.6) is 0 Å². The highest BCUT2D eigenvalue weighted by Gasteiger charge is 2.16. The summed E-state index contributed by atoms with van der Waals surface area (Å²) in [5.41, 5.74) is 2.72. The molecule has 18 heavy (non-hydrogen) atoms. The van der Waals surface area contributed by atoms with Crippen molar-refractivity contribution < 1.29 is 14.3 Å². The van der Waals surface area contributed by atoms with Crippen molar-refractivity contribution in [1.82, 2.24) is 0 Å². The standard InChI is InChI=1S/C15H13FO2/c1-9-3-5-11(6-4-9)14-10(2)13(16)8-7-12(14)15(17)18/h3-8H,1-2H3,(H,17,18). The van der Waals surface area contributed by atoms with Crippen molar-refractivity contribution in [2.45, 2.75) is 13.8 Å². The molecular weight excluding hydrogens is 231 g/mol. The summed E-state index contributed by atoms with van der Waals surface area (Å²) in [7, 11) is 0. The largest absolute Gasteiger partial charge is 0.478 e. The molecule has 0 heterocycles. The lowest BCUT2D eigenvalue weighted by Crippen LogP contribution is -2.03. The minimum atomic E-state index is -1.05. The van der Waals surface area contributed by atoms with Gasteiger partial charge >= 0.3 is 5.97 Å². The molecule has 2 nitrogen and oxygen atoms in total. The van der Waals surface area contributed by atoms with E-state index in [0.29, 0.717) is 11.1 Å². The maximum Gasteiger partial charge on any atom is 0.336 e. The number of carbonyl (C=O) groups is 1.